The van der Waals surface area contributed by atoms with Crippen LogP contribution in [0.25, 0.3) is 0 Å². The molecule has 0 radical (unpaired) electrons. The van der Waals surface area contributed by atoms with Gasteiger partial charge in [-0.25, -0.2) is 0 Å². The predicted octanol–water partition coefficient (Wildman–Crippen LogP) is 1.08. The average Bonchev–Trinajstić information content (AvgIpc) is 2.53. The maximum atomic E-state index is 11.7. The van der Waals surface area contributed by atoms with Crippen LogP contribution < -0.4 is 15.8 Å². The Morgan fingerprint density at radius 2 is 2.13 bits per heavy atom. The lowest BCUT2D eigenvalue weighted by Crippen LogP contribution is -2.21. The monoisotopic (exact) mass is 229 g/mol. The molecule has 0 atom stereocenters. The van der Waals surface area contributed by atoms with E-state index >= 15 is 0 Å². The van der Waals surface area contributed by atoms with Crippen LogP contribution >= 0.6 is 11.3 Å². The van der Waals surface area contributed by atoms with Crippen LogP contribution in [0.4, 0.5) is 10.7 Å². The van der Waals surface area contributed by atoms with Crippen LogP contribution in [-0.2, 0) is 0 Å². The highest BCUT2D eigenvalue weighted by Gasteiger charge is 2.22. The van der Waals surface area contributed by atoms with Crippen LogP contribution in [0.3, 0.4) is 0 Å². The summed E-state index contributed by atoms with van der Waals surface area (Å²) in [4.78, 5) is 13.7. The van der Waals surface area contributed by atoms with Gasteiger partial charge in [0.05, 0.1) is 7.11 Å². The summed E-state index contributed by atoms with van der Waals surface area (Å²) < 4.78 is 5.13. The van der Waals surface area contributed by atoms with E-state index in [1.54, 1.807) is 21.1 Å². The number of nitrogens with two attached hydrogens (primary N) is 1. The third-order valence-corrected chi connectivity index (χ3v) is 3.12. The number of ether oxygens (including phenoxy) is 1. The second-order valence-electron chi connectivity index (χ2n) is 3.16. The molecule has 1 aromatic rings. The number of rotatable bonds is 3. The van der Waals surface area contributed by atoms with E-state index in [-0.39, 0.29) is 5.91 Å². The van der Waals surface area contributed by atoms with Gasteiger partial charge in [0.25, 0.3) is 5.91 Å². The normalized spacial score (nSPS) is 9.87. The van der Waals surface area contributed by atoms with Crippen LogP contribution in [0, 0.1) is 0 Å². The minimum Gasteiger partial charge on any atom is -0.492 e. The van der Waals surface area contributed by atoms with E-state index < -0.39 is 0 Å². The van der Waals surface area contributed by atoms with Crippen LogP contribution in [0.5, 0.6) is 5.75 Å². The van der Waals surface area contributed by atoms with E-state index in [1.165, 1.54) is 23.3 Å². The van der Waals surface area contributed by atoms with Crippen LogP contribution in [0.15, 0.2) is 0 Å². The largest absolute Gasteiger partial charge is 0.492 e. The fourth-order valence-corrected chi connectivity index (χ4v) is 2.22. The van der Waals surface area contributed by atoms with Crippen molar-refractivity contribution >= 4 is 27.9 Å². The van der Waals surface area contributed by atoms with Crippen molar-refractivity contribution in [3.05, 3.63) is 4.88 Å². The Morgan fingerprint density at radius 3 is 2.47 bits per heavy atom. The zero-order valence-electron chi connectivity index (χ0n) is 9.25. The van der Waals surface area contributed by atoms with Gasteiger partial charge in [-0.05, 0) is 0 Å². The zero-order valence-corrected chi connectivity index (χ0v) is 10.1. The third-order valence-electron chi connectivity index (χ3n) is 1.93. The highest BCUT2D eigenvalue weighted by atomic mass is 32.1. The summed E-state index contributed by atoms with van der Waals surface area (Å²) in [6, 6.07) is 0. The molecule has 0 saturated carbocycles. The number of nitrogens with one attached hydrogen (secondary N) is 1. The summed E-state index contributed by atoms with van der Waals surface area (Å²) in [5, 5.41) is 3.71. The molecule has 1 amide bonds. The molecule has 1 rings (SSSR count). The number of methoxy groups -OCH3 is 1. The zero-order chi connectivity index (χ0) is 11.6. The number of nitrogen functional groups attached to an aromatic ring is 1. The van der Waals surface area contributed by atoms with Gasteiger partial charge in [0.15, 0.2) is 5.75 Å². The Morgan fingerprint density at radius 1 is 1.53 bits per heavy atom. The Hall–Kier alpha value is -1.43. The molecule has 84 valence electrons. The number of thiophene rings is 1. The van der Waals surface area contributed by atoms with E-state index in [1.807, 2.05) is 0 Å². The van der Waals surface area contributed by atoms with Crippen molar-refractivity contribution in [2.24, 2.45) is 0 Å². The first kappa shape index (κ1) is 11.6. The molecule has 0 unspecified atom stereocenters. The molecular formula is C9H15N3O2S. The molecule has 1 heterocycles. The molecule has 0 saturated heterocycles. The van der Waals surface area contributed by atoms with Crippen LogP contribution in [-0.4, -0.2) is 39.1 Å². The second kappa shape index (κ2) is 4.39. The van der Waals surface area contributed by atoms with Crippen molar-refractivity contribution in [2.75, 3.05) is 39.3 Å². The standard InChI is InChI=1S/C9H15N3O2S/c1-11-8-6(14-4)5(10)7(15-8)9(13)12(2)3/h11H,10H2,1-4H3. The highest BCUT2D eigenvalue weighted by molar-refractivity contribution is 7.19. The summed E-state index contributed by atoms with van der Waals surface area (Å²) in [6.07, 6.45) is 0. The summed E-state index contributed by atoms with van der Waals surface area (Å²) >= 11 is 1.29. The van der Waals surface area contributed by atoms with Gasteiger partial charge >= 0.3 is 0 Å². The summed E-state index contributed by atoms with van der Waals surface area (Å²) in [6.45, 7) is 0. The number of hydrogen-bond acceptors (Lipinski definition) is 5. The fourth-order valence-electron chi connectivity index (χ4n) is 1.16. The fraction of sp³-hybridized carbons (Fsp3) is 0.444. The molecule has 1 aromatic heterocycles. The van der Waals surface area contributed by atoms with Gasteiger partial charge < -0.3 is 20.7 Å². The van der Waals surface area contributed by atoms with Gasteiger partial charge in [-0.2, -0.15) is 0 Å². The number of anilines is 2. The lowest BCUT2D eigenvalue weighted by molar-refractivity contribution is 0.0833. The van der Waals surface area contributed by atoms with E-state index in [4.69, 9.17) is 10.5 Å². The number of carbonyl (C=O) groups excluding carboxylic acids is 1. The molecular weight excluding hydrogens is 214 g/mol. The molecule has 0 aromatic carbocycles. The Balaban J connectivity index is 3.21. The van der Waals surface area contributed by atoms with Gasteiger partial charge in [-0.1, -0.05) is 0 Å². The predicted molar refractivity (Wildman–Crippen MR) is 62.8 cm³/mol. The van der Waals surface area contributed by atoms with E-state index in [0.29, 0.717) is 16.3 Å². The molecule has 0 aliphatic rings. The van der Waals surface area contributed by atoms with Crippen molar-refractivity contribution in [1.82, 2.24) is 4.90 Å². The SMILES string of the molecule is CNc1sc(C(=O)N(C)C)c(N)c1OC. The second-order valence-corrected chi connectivity index (χ2v) is 4.18. The topological polar surface area (TPSA) is 67.6 Å². The van der Waals surface area contributed by atoms with Crippen molar-refractivity contribution in [1.29, 1.82) is 0 Å². The molecule has 0 aliphatic heterocycles. The molecule has 0 aliphatic carbocycles. The smallest absolute Gasteiger partial charge is 0.265 e. The summed E-state index contributed by atoms with van der Waals surface area (Å²) in [7, 11) is 6.67. The molecule has 3 N–H and O–H groups in total. The first-order valence-electron chi connectivity index (χ1n) is 4.38. The van der Waals surface area contributed by atoms with Crippen molar-refractivity contribution < 1.29 is 9.53 Å². The summed E-state index contributed by atoms with van der Waals surface area (Å²) in [5.74, 6) is 0.421. The van der Waals surface area contributed by atoms with Gasteiger partial charge in [-0.3, -0.25) is 4.79 Å². The van der Waals surface area contributed by atoms with Gasteiger partial charge in [-0.15, -0.1) is 11.3 Å². The quantitative estimate of drug-likeness (QED) is 0.814. The van der Waals surface area contributed by atoms with E-state index in [9.17, 15) is 4.79 Å². The maximum Gasteiger partial charge on any atom is 0.265 e. The Bertz CT molecular complexity index is 374. The number of nitrogens with zero attached hydrogens (tertiary/aromatic N) is 1. The molecule has 5 nitrogen and oxygen atoms in total. The maximum absolute atomic E-state index is 11.7. The minimum absolute atomic E-state index is 0.114. The molecule has 0 spiro atoms. The third kappa shape index (κ3) is 1.99. The van der Waals surface area contributed by atoms with E-state index in [0.717, 1.165) is 5.00 Å². The van der Waals surface area contributed by atoms with Gasteiger partial charge in [0, 0.05) is 21.1 Å². The first-order valence-corrected chi connectivity index (χ1v) is 5.20. The molecule has 6 heteroatoms. The van der Waals surface area contributed by atoms with Gasteiger partial charge in [0.2, 0.25) is 0 Å². The number of carbonyl (C=O) groups is 1. The number of hydrogen-bond donors (Lipinski definition) is 2. The highest BCUT2D eigenvalue weighted by Crippen LogP contribution is 2.42. The molecule has 0 bridgehead atoms. The summed E-state index contributed by atoms with van der Waals surface area (Å²) in [5.41, 5.74) is 6.22. The lowest BCUT2D eigenvalue weighted by Gasteiger charge is -2.08. The lowest BCUT2D eigenvalue weighted by atomic mass is 10.3. The minimum atomic E-state index is -0.114. The van der Waals surface area contributed by atoms with Crippen LogP contribution in [0.1, 0.15) is 9.67 Å². The molecule has 15 heavy (non-hydrogen) atoms. The Labute approximate surface area is 92.8 Å². The van der Waals surface area contributed by atoms with Crippen molar-refractivity contribution in [2.45, 2.75) is 0 Å². The molecule has 0 fully saturated rings. The number of amides is 1. The van der Waals surface area contributed by atoms with Crippen molar-refractivity contribution in [3.8, 4) is 5.75 Å². The first-order chi connectivity index (χ1) is 7.02. The Kier molecular flexibility index (Phi) is 3.41. The van der Waals surface area contributed by atoms with Crippen molar-refractivity contribution in [3.63, 3.8) is 0 Å². The average molecular weight is 229 g/mol. The van der Waals surface area contributed by atoms with Crippen LogP contribution in [0.2, 0.25) is 0 Å². The van der Waals surface area contributed by atoms with Gasteiger partial charge in [0.1, 0.15) is 15.6 Å². The van der Waals surface area contributed by atoms with E-state index in [2.05, 4.69) is 5.32 Å².